The molecule has 4 aromatic rings. The molecule has 2 aromatic carbocycles. The number of thiophene rings is 1. The highest BCUT2D eigenvalue weighted by molar-refractivity contribution is 7.23. The van der Waals surface area contributed by atoms with E-state index in [1.54, 1.807) is 0 Å². The molecule has 2 heterocycles. The van der Waals surface area contributed by atoms with Crippen molar-refractivity contribution in [2.75, 3.05) is 0 Å². The van der Waals surface area contributed by atoms with Gasteiger partial charge in [0.25, 0.3) is 0 Å². The zero-order chi connectivity index (χ0) is 27.1. The third kappa shape index (κ3) is 5.02. The maximum atomic E-state index is 14.3. The van der Waals surface area contributed by atoms with E-state index in [1.807, 2.05) is 39.8 Å². The summed E-state index contributed by atoms with van der Waals surface area (Å²) in [5, 5.41) is 1.74. The summed E-state index contributed by atoms with van der Waals surface area (Å²) in [7, 11) is -1.54. The molecule has 37 heavy (non-hydrogen) atoms. The minimum absolute atomic E-state index is 0.0746. The van der Waals surface area contributed by atoms with Crippen molar-refractivity contribution in [2.45, 2.75) is 78.7 Å². The van der Waals surface area contributed by atoms with Crippen molar-refractivity contribution in [3.63, 3.8) is 0 Å². The number of pyridine rings is 1. The smallest absolute Gasteiger partial charge is 0.254 e. The first kappa shape index (κ1) is 27.6. The van der Waals surface area contributed by atoms with Gasteiger partial charge < -0.3 is 0 Å². The van der Waals surface area contributed by atoms with E-state index in [2.05, 4.69) is 56.1 Å². The molecule has 0 aliphatic carbocycles. The fourth-order valence-corrected chi connectivity index (χ4v) is 10.9. The number of benzene rings is 2. The molecule has 0 amide bonds. The Kier molecular flexibility index (Phi) is 7.73. The van der Waals surface area contributed by atoms with Gasteiger partial charge in [-0.25, -0.2) is 0 Å². The molecule has 196 valence electrons. The second kappa shape index (κ2) is 10.4. The highest BCUT2D eigenvalue weighted by Gasteiger charge is 2.37. The van der Waals surface area contributed by atoms with E-state index in [0.717, 1.165) is 38.9 Å². The van der Waals surface area contributed by atoms with Crippen molar-refractivity contribution in [2.24, 2.45) is 0 Å². The van der Waals surface area contributed by atoms with Crippen molar-refractivity contribution in [3.05, 3.63) is 70.9 Å². The van der Waals surface area contributed by atoms with Gasteiger partial charge in [0.05, 0.1) is 24.0 Å². The summed E-state index contributed by atoms with van der Waals surface area (Å²) in [6.07, 6.45) is -3.45. The van der Waals surface area contributed by atoms with Gasteiger partial charge in [-0.1, -0.05) is 99.4 Å². The number of rotatable bonds is 7. The molecule has 0 fully saturated rings. The van der Waals surface area contributed by atoms with Gasteiger partial charge in [-0.15, -0.1) is 11.3 Å². The standard InChI is InChI=1S/C31H36F3NSSi/c1-8-37(9-2,10-3)24-13-11-22(12-14-24)29-26(19(4)5)27-25(31(32,33)34)18-35-28(30(27)36-29)23-16-20(6)15-21(7)17-23/h11-19H,8-10H2,1-7H3. The Balaban J connectivity index is 2.02. The van der Waals surface area contributed by atoms with Crippen LogP contribution in [0.4, 0.5) is 13.2 Å². The molecule has 6 heteroatoms. The van der Waals surface area contributed by atoms with Gasteiger partial charge >= 0.3 is 6.18 Å². The van der Waals surface area contributed by atoms with Crippen LogP contribution in [0.25, 0.3) is 31.8 Å². The van der Waals surface area contributed by atoms with Crippen molar-refractivity contribution in [1.29, 1.82) is 0 Å². The summed E-state index contributed by atoms with van der Waals surface area (Å²) in [6, 6.07) is 18.4. The molecular formula is C31H36F3NSSi. The molecule has 0 aliphatic heterocycles. The third-order valence-electron chi connectivity index (χ3n) is 7.92. The van der Waals surface area contributed by atoms with Crippen molar-refractivity contribution < 1.29 is 13.2 Å². The number of aryl methyl sites for hydroxylation is 2. The minimum atomic E-state index is -4.48. The van der Waals surface area contributed by atoms with Gasteiger partial charge in [0.15, 0.2) is 0 Å². The summed E-state index contributed by atoms with van der Waals surface area (Å²) in [4.78, 5) is 5.32. The maximum absolute atomic E-state index is 14.3. The second-order valence-corrected chi connectivity index (χ2v) is 16.8. The van der Waals surface area contributed by atoms with E-state index in [0.29, 0.717) is 15.8 Å². The molecule has 1 nitrogen and oxygen atoms in total. The van der Waals surface area contributed by atoms with Gasteiger partial charge in [-0.05, 0) is 43.0 Å². The fourth-order valence-electron chi connectivity index (χ4n) is 5.77. The summed E-state index contributed by atoms with van der Waals surface area (Å²) < 4.78 is 43.5. The number of halogens is 3. The van der Waals surface area contributed by atoms with Crippen LogP contribution in [0.5, 0.6) is 0 Å². The Labute approximate surface area is 223 Å². The van der Waals surface area contributed by atoms with Crippen LogP contribution in [0.1, 0.15) is 62.8 Å². The number of hydrogen-bond acceptors (Lipinski definition) is 2. The van der Waals surface area contributed by atoms with E-state index < -0.39 is 19.8 Å². The molecule has 0 spiro atoms. The SMILES string of the molecule is CC[Si](CC)(CC)c1ccc(-c2sc3c(-c4cc(C)cc(C)c4)ncc(C(F)(F)F)c3c2C(C)C)cc1. The molecule has 0 N–H and O–H groups in total. The van der Waals surface area contributed by atoms with Crippen LogP contribution in [0.15, 0.2) is 48.7 Å². The number of aromatic nitrogens is 1. The maximum Gasteiger partial charge on any atom is 0.418 e. The van der Waals surface area contributed by atoms with E-state index in [4.69, 9.17) is 0 Å². The van der Waals surface area contributed by atoms with Crippen LogP contribution in [-0.4, -0.2) is 13.1 Å². The predicted octanol–water partition coefficient (Wildman–Crippen LogP) is 10.1. The zero-order valence-corrected chi connectivity index (χ0v) is 24.6. The highest BCUT2D eigenvalue weighted by atomic mass is 32.1. The Bertz CT molecular complexity index is 1380. The second-order valence-electron chi connectivity index (χ2n) is 10.5. The van der Waals surface area contributed by atoms with Crippen LogP contribution in [0, 0.1) is 13.8 Å². The predicted molar refractivity (Wildman–Crippen MR) is 156 cm³/mol. The normalized spacial score (nSPS) is 12.6. The Morgan fingerprint density at radius 1 is 0.865 bits per heavy atom. The average Bonchev–Trinajstić information content (AvgIpc) is 3.25. The van der Waals surface area contributed by atoms with Crippen molar-refractivity contribution in [1.82, 2.24) is 4.98 Å². The Morgan fingerprint density at radius 3 is 1.92 bits per heavy atom. The van der Waals surface area contributed by atoms with Gasteiger partial charge in [0.1, 0.15) is 0 Å². The quantitative estimate of drug-likeness (QED) is 0.213. The van der Waals surface area contributed by atoms with Crippen LogP contribution in [0.3, 0.4) is 0 Å². The van der Waals surface area contributed by atoms with Gasteiger partial charge in [-0.2, -0.15) is 13.2 Å². The number of fused-ring (bicyclic) bond motifs is 1. The fraction of sp³-hybridized carbons (Fsp3) is 0.387. The lowest BCUT2D eigenvalue weighted by molar-refractivity contribution is -0.136. The molecule has 0 radical (unpaired) electrons. The topological polar surface area (TPSA) is 12.9 Å². The lowest BCUT2D eigenvalue weighted by atomic mass is 9.93. The number of hydrogen-bond donors (Lipinski definition) is 0. The average molecular weight is 540 g/mol. The first-order chi connectivity index (χ1) is 17.5. The monoisotopic (exact) mass is 539 g/mol. The molecule has 0 unspecified atom stereocenters. The highest BCUT2D eigenvalue weighted by Crippen LogP contribution is 2.49. The minimum Gasteiger partial charge on any atom is -0.254 e. The molecule has 0 aliphatic rings. The molecule has 0 atom stereocenters. The van der Waals surface area contributed by atoms with Gasteiger partial charge in [0, 0.05) is 22.0 Å². The van der Waals surface area contributed by atoms with Crippen LogP contribution < -0.4 is 5.19 Å². The van der Waals surface area contributed by atoms with Crippen LogP contribution in [-0.2, 0) is 6.18 Å². The van der Waals surface area contributed by atoms with E-state index in [-0.39, 0.29) is 5.92 Å². The third-order valence-corrected chi connectivity index (χ3v) is 14.8. The van der Waals surface area contributed by atoms with Crippen molar-refractivity contribution in [3.8, 4) is 21.7 Å². The Morgan fingerprint density at radius 2 is 1.43 bits per heavy atom. The summed E-state index contributed by atoms with van der Waals surface area (Å²) >= 11 is 1.45. The summed E-state index contributed by atoms with van der Waals surface area (Å²) in [6.45, 7) is 14.8. The van der Waals surface area contributed by atoms with Crippen molar-refractivity contribution >= 4 is 34.7 Å². The lowest BCUT2D eigenvalue weighted by Crippen LogP contribution is -2.45. The van der Waals surface area contributed by atoms with E-state index in [9.17, 15) is 13.2 Å². The summed E-state index contributed by atoms with van der Waals surface area (Å²) in [5.41, 5.74) is 4.72. The zero-order valence-electron chi connectivity index (χ0n) is 22.8. The lowest BCUT2D eigenvalue weighted by Gasteiger charge is -2.28. The molecular weight excluding hydrogens is 503 g/mol. The van der Waals surface area contributed by atoms with Gasteiger partial charge in [-0.3, -0.25) is 4.98 Å². The van der Waals surface area contributed by atoms with Gasteiger partial charge in [0.2, 0.25) is 0 Å². The molecule has 0 saturated heterocycles. The first-order valence-electron chi connectivity index (χ1n) is 13.2. The largest absolute Gasteiger partial charge is 0.418 e. The van der Waals surface area contributed by atoms with Crippen LogP contribution >= 0.6 is 11.3 Å². The van der Waals surface area contributed by atoms with E-state index in [1.165, 1.54) is 34.7 Å². The van der Waals surface area contributed by atoms with Crippen LogP contribution in [0.2, 0.25) is 18.1 Å². The van der Waals surface area contributed by atoms with E-state index >= 15 is 0 Å². The Hall–Kier alpha value is -2.44. The molecule has 0 saturated carbocycles. The summed E-state index contributed by atoms with van der Waals surface area (Å²) in [5.74, 6) is -0.0746. The molecule has 4 rings (SSSR count). The molecule has 2 aromatic heterocycles. The number of alkyl halides is 3. The molecule has 0 bridgehead atoms. The first-order valence-corrected chi connectivity index (χ1v) is 16.6. The number of nitrogens with zero attached hydrogens (tertiary/aromatic N) is 1.